The number of aliphatic hydroxyl groups is 1. The third-order valence-electron chi connectivity index (χ3n) is 3.70. The molecule has 0 saturated heterocycles. The molecule has 0 unspecified atom stereocenters. The van der Waals surface area contributed by atoms with E-state index in [1.807, 2.05) is 34.9 Å². The summed E-state index contributed by atoms with van der Waals surface area (Å²) in [6, 6.07) is 16.3. The van der Waals surface area contributed by atoms with Crippen LogP contribution in [0.4, 0.5) is 4.39 Å². The molecule has 1 N–H and O–H groups in total. The average molecular weight is 373 g/mol. The first-order chi connectivity index (χ1) is 12.8. The van der Waals surface area contributed by atoms with Gasteiger partial charge in [0.1, 0.15) is 5.82 Å². The first kappa shape index (κ1) is 18.6. The first-order valence-corrected chi connectivity index (χ1v) is 9.31. The van der Waals surface area contributed by atoms with E-state index in [1.54, 1.807) is 23.9 Å². The number of benzene rings is 2. The molecule has 0 radical (unpaired) electrons. The monoisotopic (exact) mass is 373 g/mol. The van der Waals surface area contributed by atoms with Crippen LogP contribution >= 0.6 is 11.8 Å². The van der Waals surface area contributed by atoms with Gasteiger partial charge in [0.2, 0.25) is 0 Å². The van der Waals surface area contributed by atoms with Gasteiger partial charge in [0.05, 0.1) is 26.4 Å². The number of rotatable bonds is 9. The average Bonchev–Trinajstić information content (AvgIpc) is 3.06. The van der Waals surface area contributed by atoms with Crippen LogP contribution in [0, 0.1) is 5.82 Å². The normalized spacial score (nSPS) is 11.0. The Balaban J connectivity index is 1.83. The van der Waals surface area contributed by atoms with Crippen LogP contribution in [0.15, 0.2) is 59.8 Å². The van der Waals surface area contributed by atoms with Crippen molar-refractivity contribution in [2.45, 2.75) is 11.7 Å². The van der Waals surface area contributed by atoms with Gasteiger partial charge in [-0.2, -0.15) is 0 Å². The molecule has 0 aliphatic heterocycles. The van der Waals surface area contributed by atoms with Crippen LogP contribution in [-0.4, -0.2) is 45.4 Å². The number of halogens is 1. The van der Waals surface area contributed by atoms with E-state index in [1.165, 1.54) is 12.1 Å². The quantitative estimate of drug-likeness (QED) is 0.461. The van der Waals surface area contributed by atoms with Crippen LogP contribution in [0.1, 0.15) is 5.56 Å². The molecule has 0 saturated carbocycles. The number of aromatic nitrogens is 3. The van der Waals surface area contributed by atoms with Crippen molar-refractivity contribution in [2.24, 2.45) is 0 Å². The van der Waals surface area contributed by atoms with Crippen LogP contribution in [0.2, 0.25) is 0 Å². The summed E-state index contributed by atoms with van der Waals surface area (Å²) in [7, 11) is 0. The van der Waals surface area contributed by atoms with Gasteiger partial charge in [0.25, 0.3) is 0 Å². The van der Waals surface area contributed by atoms with E-state index in [9.17, 15) is 4.39 Å². The van der Waals surface area contributed by atoms with Gasteiger partial charge in [0, 0.05) is 11.3 Å². The molecule has 0 aliphatic rings. The van der Waals surface area contributed by atoms with Gasteiger partial charge < -0.3 is 9.84 Å². The van der Waals surface area contributed by atoms with Crippen molar-refractivity contribution >= 4 is 11.8 Å². The second kappa shape index (κ2) is 9.47. The van der Waals surface area contributed by atoms with Gasteiger partial charge in [0.15, 0.2) is 11.0 Å². The topological polar surface area (TPSA) is 60.2 Å². The van der Waals surface area contributed by atoms with Crippen molar-refractivity contribution in [1.29, 1.82) is 0 Å². The summed E-state index contributed by atoms with van der Waals surface area (Å²) < 4.78 is 20.6. The van der Waals surface area contributed by atoms with E-state index in [0.29, 0.717) is 31.3 Å². The zero-order chi connectivity index (χ0) is 18.2. The Bertz CT molecular complexity index is 809. The molecule has 3 aromatic rings. The molecule has 0 fully saturated rings. The molecule has 0 amide bonds. The lowest BCUT2D eigenvalue weighted by Gasteiger charge is -2.10. The minimum atomic E-state index is -0.279. The van der Waals surface area contributed by atoms with Gasteiger partial charge in [-0.25, -0.2) is 4.39 Å². The highest BCUT2D eigenvalue weighted by molar-refractivity contribution is 7.99. The summed E-state index contributed by atoms with van der Waals surface area (Å²) in [5.41, 5.74) is 1.95. The smallest absolute Gasteiger partial charge is 0.191 e. The molecule has 0 bridgehead atoms. The van der Waals surface area contributed by atoms with E-state index in [-0.39, 0.29) is 12.4 Å². The number of nitrogens with zero attached hydrogens (tertiary/aromatic N) is 3. The summed E-state index contributed by atoms with van der Waals surface area (Å²) in [5, 5.41) is 18.2. The Morgan fingerprint density at radius 1 is 1.00 bits per heavy atom. The standard InChI is InChI=1S/C19H20FN3O2S/c20-17-8-6-16(7-9-17)18-21-22-19(26-13-12-25-11-10-24)23(18)14-15-4-2-1-3-5-15/h1-9,24H,10-14H2. The van der Waals surface area contributed by atoms with E-state index in [4.69, 9.17) is 9.84 Å². The molecule has 0 aliphatic carbocycles. The van der Waals surface area contributed by atoms with Gasteiger partial charge in [-0.15, -0.1) is 10.2 Å². The van der Waals surface area contributed by atoms with Crippen molar-refractivity contribution in [1.82, 2.24) is 14.8 Å². The molecule has 3 rings (SSSR count). The summed E-state index contributed by atoms with van der Waals surface area (Å²) in [6.45, 7) is 1.50. The molecule has 7 heteroatoms. The van der Waals surface area contributed by atoms with Crippen LogP contribution in [0.5, 0.6) is 0 Å². The molecule has 0 spiro atoms. The van der Waals surface area contributed by atoms with Crippen molar-refractivity contribution in [3.05, 3.63) is 66.0 Å². The maximum absolute atomic E-state index is 13.2. The molecule has 136 valence electrons. The zero-order valence-corrected chi connectivity index (χ0v) is 15.0. The molecule has 1 heterocycles. The van der Waals surface area contributed by atoms with Crippen LogP contribution < -0.4 is 0 Å². The van der Waals surface area contributed by atoms with Gasteiger partial charge >= 0.3 is 0 Å². The van der Waals surface area contributed by atoms with Gasteiger partial charge in [-0.1, -0.05) is 42.1 Å². The van der Waals surface area contributed by atoms with Crippen molar-refractivity contribution < 1.29 is 14.2 Å². The fourth-order valence-electron chi connectivity index (χ4n) is 2.48. The molecule has 0 atom stereocenters. The fraction of sp³-hybridized carbons (Fsp3) is 0.263. The number of ether oxygens (including phenoxy) is 1. The summed E-state index contributed by atoms with van der Waals surface area (Å²) in [4.78, 5) is 0. The molecule has 1 aromatic heterocycles. The molecular formula is C19H20FN3O2S. The van der Waals surface area contributed by atoms with E-state index < -0.39 is 0 Å². The molecule has 2 aromatic carbocycles. The zero-order valence-electron chi connectivity index (χ0n) is 14.2. The predicted octanol–water partition coefficient (Wildman–Crippen LogP) is 3.23. The Kier molecular flexibility index (Phi) is 6.76. The highest BCUT2D eigenvalue weighted by Crippen LogP contribution is 2.25. The maximum atomic E-state index is 13.2. The van der Waals surface area contributed by atoms with Crippen molar-refractivity contribution in [2.75, 3.05) is 25.6 Å². The second-order valence-electron chi connectivity index (χ2n) is 5.57. The van der Waals surface area contributed by atoms with Crippen molar-refractivity contribution in [3.8, 4) is 11.4 Å². The first-order valence-electron chi connectivity index (χ1n) is 8.32. The van der Waals surface area contributed by atoms with Crippen LogP contribution in [0.3, 0.4) is 0 Å². The largest absolute Gasteiger partial charge is 0.394 e. The van der Waals surface area contributed by atoms with Crippen molar-refractivity contribution in [3.63, 3.8) is 0 Å². The summed E-state index contributed by atoms with van der Waals surface area (Å²) in [5.74, 6) is 1.13. The lowest BCUT2D eigenvalue weighted by Crippen LogP contribution is -2.06. The van der Waals surface area contributed by atoms with Gasteiger partial charge in [-0.3, -0.25) is 4.57 Å². The lowest BCUT2D eigenvalue weighted by molar-refractivity contribution is 0.103. The Morgan fingerprint density at radius 3 is 2.50 bits per heavy atom. The van der Waals surface area contributed by atoms with Crippen LogP contribution in [-0.2, 0) is 11.3 Å². The number of aliphatic hydroxyl groups excluding tert-OH is 1. The Hall–Kier alpha value is -2.22. The number of thioether (sulfide) groups is 1. The highest BCUT2D eigenvalue weighted by Gasteiger charge is 2.15. The maximum Gasteiger partial charge on any atom is 0.191 e. The molecule has 26 heavy (non-hydrogen) atoms. The van der Waals surface area contributed by atoms with E-state index in [2.05, 4.69) is 10.2 Å². The number of hydrogen-bond donors (Lipinski definition) is 1. The SMILES string of the molecule is OCCOCCSc1nnc(-c2ccc(F)cc2)n1Cc1ccccc1. The number of hydrogen-bond acceptors (Lipinski definition) is 5. The van der Waals surface area contributed by atoms with E-state index in [0.717, 1.165) is 16.3 Å². The predicted molar refractivity (Wildman–Crippen MR) is 99.6 cm³/mol. The summed E-state index contributed by atoms with van der Waals surface area (Å²) >= 11 is 1.54. The summed E-state index contributed by atoms with van der Waals surface area (Å²) in [6.07, 6.45) is 0. The molecule has 5 nitrogen and oxygen atoms in total. The van der Waals surface area contributed by atoms with Gasteiger partial charge in [-0.05, 0) is 29.8 Å². The molecular weight excluding hydrogens is 353 g/mol. The third-order valence-corrected chi connectivity index (χ3v) is 4.63. The third kappa shape index (κ3) is 4.91. The second-order valence-corrected chi connectivity index (χ2v) is 6.63. The Labute approximate surface area is 155 Å². The minimum Gasteiger partial charge on any atom is -0.394 e. The Morgan fingerprint density at radius 2 is 1.77 bits per heavy atom. The lowest BCUT2D eigenvalue weighted by atomic mass is 10.2. The van der Waals surface area contributed by atoms with E-state index >= 15 is 0 Å². The van der Waals surface area contributed by atoms with Crippen LogP contribution in [0.25, 0.3) is 11.4 Å². The highest BCUT2D eigenvalue weighted by atomic mass is 32.2. The fourth-order valence-corrected chi connectivity index (χ4v) is 3.26. The minimum absolute atomic E-state index is 0.0174.